The lowest BCUT2D eigenvalue weighted by Crippen LogP contribution is -2.38. The molecule has 0 saturated heterocycles. The van der Waals surface area contributed by atoms with Gasteiger partial charge < -0.3 is 20.8 Å². The second-order valence-corrected chi connectivity index (χ2v) is 11.0. The Bertz CT molecular complexity index is 1600. The van der Waals surface area contributed by atoms with Gasteiger partial charge in [0.1, 0.15) is 17.2 Å². The molecule has 0 bridgehead atoms. The number of fused-ring (bicyclic) bond motifs is 1. The minimum absolute atomic E-state index is 0.00679. The molecule has 0 radical (unpaired) electrons. The molecular weight excluding hydrogens is 549 g/mol. The lowest BCUT2D eigenvalue weighted by molar-refractivity contribution is -0.122. The van der Waals surface area contributed by atoms with Crippen LogP contribution in [0.15, 0.2) is 82.4 Å². The average molecular weight is 586 g/mol. The Morgan fingerprint density at radius 1 is 1.16 bits per heavy atom. The number of hydrogen-bond acceptors (Lipinski definition) is 7. The summed E-state index contributed by atoms with van der Waals surface area (Å²) in [6, 6.07) is 20.6. The molecule has 10 nitrogen and oxygen atoms in total. The number of carbonyl (C=O) groups excluding carboxylic acids is 2. The van der Waals surface area contributed by atoms with Gasteiger partial charge in [-0.25, -0.2) is 15.4 Å². The van der Waals surface area contributed by atoms with Crippen molar-refractivity contribution in [3.8, 4) is 11.3 Å². The fourth-order valence-corrected chi connectivity index (χ4v) is 5.27. The van der Waals surface area contributed by atoms with E-state index in [4.69, 9.17) is 16.0 Å². The molecular formula is C32H36FN7O3. The first-order chi connectivity index (χ1) is 20.8. The fourth-order valence-electron chi connectivity index (χ4n) is 5.27. The molecule has 11 heteroatoms. The number of hydrazine groups is 1. The second-order valence-electron chi connectivity index (χ2n) is 11.0. The molecule has 5 rings (SSSR count). The van der Waals surface area contributed by atoms with Crippen molar-refractivity contribution in [2.45, 2.75) is 50.7 Å². The van der Waals surface area contributed by atoms with Gasteiger partial charge in [0.2, 0.25) is 6.41 Å². The van der Waals surface area contributed by atoms with Crippen molar-refractivity contribution < 1.29 is 18.4 Å². The van der Waals surface area contributed by atoms with E-state index in [0.717, 1.165) is 22.2 Å². The van der Waals surface area contributed by atoms with Gasteiger partial charge in [-0.3, -0.25) is 14.6 Å². The number of hydrogen-bond donors (Lipinski definition) is 4. The summed E-state index contributed by atoms with van der Waals surface area (Å²) in [5.41, 5.74) is 8.01. The second kappa shape index (κ2) is 13.0. The molecule has 1 fully saturated rings. The van der Waals surface area contributed by atoms with Crippen LogP contribution >= 0.6 is 0 Å². The number of aryl methyl sites for hydroxylation is 1. The van der Waals surface area contributed by atoms with Crippen LogP contribution in [0.3, 0.4) is 0 Å². The van der Waals surface area contributed by atoms with E-state index in [1.807, 2.05) is 48.5 Å². The minimum Gasteiger partial charge on any atom is -0.456 e. The quantitative estimate of drug-likeness (QED) is 0.0413. The molecule has 2 heterocycles. The summed E-state index contributed by atoms with van der Waals surface area (Å²) in [4.78, 5) is 27.7. The molecule has 1 aliphatic rings. The van der Waals surface area contributed by atoms with Gasteiger partial charge in [-0.1, -0.05) is 30.3 Å². The molecule has 2 unspecified atom stereocenters. The Balaban J connectivity index is 1.34. The molecule has 2 amide bonds. The third-order valence-electron chi connectivity index (χ3n) is 7.63. The molecule has 4 aromatic rings. The number of hydrazone groups is 1. The van der Waals surface area contributed by atoms with Crippen molar-refractivity contribution >= 4 is 34.8 Å². The van der Waals surface area contributed by atoms with E-state index < -0.39 is 11.6 Å². The Morgan fingerprint density at radius 2 is 1.95 bits per heavy atom. The maximum Gasteiger partial charge on any atom is 0.262 e. The third kappa shape index (κ3) is 7.36. The van der Waals surface area contributed by atoms with Gasteiger partial charge in [0.15, 0.2) is 5.67 Å². The van der Waals surface area contributed by atoms with E-state index in [0.29, 0.717) is 55.1 Å². The fraction of sp³-hybridized carbons (Fsp3) is 0.312. The monoisotopic (exact) mass is 585 g/mol. The van der Waals surface area contributed by atoms with Crippen molar-refractivity contribution in [1.82, 2.24) is 15.4 Å². The first kappa shape index (κ1) is 29.7. The number of aromatic nitrogens is 1. The number of benzene rings is 2. The van der Waals surface area contributed by atoms with Crippen molar-refractivity contribution in [3.05, 3.63) is 84.2 Å². The number of pyridine rings is 1. The third-order valence-corrected chi connectivity index (χ3v) is 7.63. The van der Waals surface area contributed by atoms with Crippen LogP contribution in [0.4, 0.5) is 10.1 Å². The first-order valence-electron chi connectivity index (χ1n) is 14.3. The zero-order chi connectivity index (χ0) is 30.4. The zero-order valence-corrected chi connectivity index (χ0v) is 24.0. The van der Waals surface area contributed by atoms with Crippen LogP contribution in [0.5, 0.6) is 0 Å². The predicted molar refractivity (Wildman–Crippen MR) is 164 cm³/mol. The number of amides is 2. The maximum absolute atomic E-state index is 14.1. The number of halogens is 1. The minimum atomic E-state index is -1.74. The molecule has 1 aliphatic carbocycles. The molecule has 6 N–H and O–H groups in total. The van der Waals surface area contributed by atoms with E-state index in [-0.39, 0.29) is 24.8 Å². The van der Waals surface area contributed by atoms with Gasteiger partial charge in [0.05, 0.1) is 6.04 Å². The number of nitrogens with one attached hydrogen (secondary N) is 2. The average Bonchev–Trinajstić information content (AvgIpc) is 3.61. The van der Waals surface area contributed by atoms with E-state index in [1.54, 1.807) is 31.3 Å². The summed E-state index contributed by atoms with van der Waals surface area (Å²) in [5, 5.41) is 11.9. The molecule has 0 spiro atoms. The van der Waals surface area contributed by atoms with Gasteiger partial charge in [0, 0.05) is 35.1 Å². The van der Waals surface area contributed by atoms with Crippen LogP contribution < -0.4 is 22.2 Å². The first-order valence-corrected chi connectivity index (χ1v) is 14.3. The highest BCUT2D eigenvalue weighted by atomic mass is 19.1. The maximum atomic E-state index is 14.1. The summed E-state index contributed by atoms with van der Waals surface area (Å²) in [6.45, 7) is 2.17. The standard InChI is InChI=1S/C32H36FN7O3/c1-21(34)39-40(35)30(22-5-3-2-4-6-22)23(11-15-36-20-41)7-8-26-17-24(12-16-37-26)29-19-25-18-27(9-10-28(25)43-29)38-31(42)32(33)13-14-32/h2-6,9-10,12,16-20,23,30H,7-8,11,13-15,35H2,1H3,(H2,34,39)(H,36,41)(H,38,42). The summed E-state index contributed by atoms with van der Waals surface area (Å²) >= 11 is 0. The van der Waals surface area contributed by atoms with E-state index in [1.165, 1.54) is 5.12 Å². The highest BCUT2D eigenvalue weighted by molar-refractivity contribution is 6.00. The number of rotatable bonds is 14. The summed E-state index contributed by atoms with van der Waals surface area (Å²) in [5.74, 6) is 6.83. The molecule has 43 heavy (non-hydrogen) atoms. The number of carbonyl (C=O) groups is 2. The van der Waals surface area contributed by atoms with E-state index in [2.05, 4.69) is 20.7 Å². The van der Waals surface area contributed by atoms with Gasteiger partial charge in [0.25, 0.3) is 5.91 Å². The van der Waals surface area contributed by atoms with Crippen molar-refractivity contribution in [2.75, 3.05) is 11.9 Å². The molecule has 2 aromatic carbocycles. The molecule has 2 atom stereocenters. The SMILES string of the molecule is C/C(N)=N/N(N)C(c1ccccc1)C(CCNC=O)CCc1cc(-c2cc3cc(NC(=O)C4(F)CC4)ccc3o2)ccn1. The van der Waals surface area contributed by atoms with Crippen molar-refractivity contribution in [3.63, 3.8) is 0 Å². The highest BCUT2D eigenvalue weighted by Crippen LogP contribution is 2.41. The molecule has 0 aliphatic heterocycles. The molecule has 224 valence electrons. The van der Waals surface area contributed by atoms with Gasteiger partial charge in [-0.15, -0.1) is 5.10 Å². The lowest BCUT2D eigenvalue weighted by Gasteiger charge is -2.33. The van der Waals surface area contributed by atoms with Gasteiger partial charge in [-0.2, -0.15) is 0 Å². The number of anilines is 1. The van der Waals surface area contributed by atoms with Crippen LogP contribution in [0, 0.1) is 5.92 Å². The topological polar surface area (TPSA) is 152 Å². The van der Waals surface area contributed by atoms with Crippen LogP contribution in [0.1, 0.15) is 49.9 Å². The molecule has 1 saturated carbocycles. The van der Waals surface area contributed by atoms with E-state index in [9.17, 15) is 14.0 Å². The highest BCUT2D eigenvalue weighted by Gasteiger charge is 2.50. The van der Waals surface area contributed by atoms with E-state index >= 15 is 0 Å². The molecule has 2 aromatic heterocycles. The zero-order valence-electron chi connectivity index (χ0n) is 24.0. The summed E-state index contributed by atoms with van der Waals surface area (Å²) < 4.78 is 20.2. The number of furan rings is 1. The van der Waals surface area contributed by atoms with Crippen molar-refractivity contribution in [1.29, 1.82) is 0 Å². The number of nitrogens with zero attached hydrogens (tertiary/aromatic N) is 3. The van der Waals surface area contributed by atoms with Crippen LogP contribution in [-0.2, 0) is 16.0 Å². The largest absolute Gasteiger partial charge is 0.456 e. The number of amidine groups is 1. The Kier molecular flexibility index (Phi) is 9.01. The van der Waals surface area contributed by atoms with Crippen LogP contribution in [-0.4, -0.2) is 40.5 Å². The van der Waals surface area contributed by atoms with Gasteiger partial charge in [-0.05, 0) is 86.9 Å². The predicted octanol–water partition coefficient (Wildman–Crippen LogP) is 4.83. The Morgan fingerprint density at radius 3 is 2.67 bits per heavy atom. The normalized spacial score (nSPS) is 15.5. The summed E-state index contributed by atoms with van der Waals surface area (Å²) in [7, 11) is 0. The van der Waals surface area contributed by atoms with Crippen LogP contribution in [0.25, 0.3) is 22.3 Å². The Labute approximate surface area is 249 Å². The smallest absolute Gasteiger partial charge is 0.262 e. The Hall–Kier alpha value is -4.77. The number of alkyl halides is 1. The summed E-state index contributed by atoms with van der Waals surface area (Å²) in [6.07, 6.45) is 4.97. The van der Waals surface area contributed by atoms with Crippen molar-refractivity contribution in [2.24, 2.45) is 22.6 Å². The number of nitrogens with two attached hydrogens (primary N) is 2. The lowest BCUT2D eigenvalue weighted by atomic mass is 9.86. The van der Waals surface area contributed by atoms with Crippen LogP contribution in [0.2, 0.25) is 0 Å². The van der Waals surface area contributed by atoms with Gasteiger partial charge >= 0.3 is 0 Å².